The van der Waals surface area contributed by atoms with Crippen molar-refractivity contribution in [2.75, 3.05) is 25.4 Å². The largest absolute Gasteiger partial charge is 0.495 e. The minimum atomic E-state index is -3.96. The number of nitrogens with zero attached hydrogens (tertiary/aromatic N) is 1. The zero-order chi connectivity index (χ0) is 23.1. The Morgan fingerprint density at radius 1 is 1.03 bits per heavy atom. The van der Waals surface area contributed by atoms with Gasteiger partial charge in [0.2, 0.25) is 0 Å². The molecule has 6 nitrogen and oxygen atoms in total. The van der Waals surface area contributed by atoms with Crippen LogP contribution >= 0.6 is 11.6 Å². The number of anilines is 1. The smallest absolute Gasteiger partial charge is 0.262 e. The average molecular weight is 473 g/mol. The zero-order valence-electron chi connectivity index (χ0n) is 17.9. The van der Waals surface area contributed by atoms with Crippen molar-refractivity contribution in [1.82, 2.24) is 4.90 Å². The van der Waals surface area contributed by atoms with Crippen LogP contribution in [-0.2, 0) is 16.4 Å². The Bertz CT molecular complexity index is 1180. The molecule has 0 atom stereocenters. The fraction of sp³-hybridized carbons (Fsp3) is 0.208. The van der Waals surface area contributed by atoms with Crippen LogP contribution in [0.3, 0.4) is 0 Å². The van der Waals surface area contributed by atoms with Gasteiger partial charge in [-0.1, -0.05) is 48.0 Å². The van der Waals surface area contributed by atoms with Gasteiger partial charge in [0.1, 0.15) is 5.75 Å². The lowest BCUT2D eigenvalue weighted by Gasteiger charge is -2.18. The highest BCUT2D eigenvalue weighted by atomic mass is 35.5. The number of hydrogen-bond acceptors (Lipinski definition) is 4. The van der Waals surface area contributed by atoms with Gasteiger partial charge in [0.15, 0.2) is 0 Å². The topological polar surface area (TPSA) is 75.7 Å². The van der Waals surface area contributed by atoms with Gasteiger partial charge in [-0.25, -0.2) is 8.42 Å². The molecular weight excluding hydrogens is 448 g/mol. The zero-order valence-corrected chi connectivity index (χ0v) is 19.5. The van der Waals surface area contributed by atoms with Crippen molar-refractivity contribution >= 4 is 33.2 Å². The summed E-state index contributed by atoms with van der Waals surface area (Å²) < 4.78 is 33.5. The Kier molecular flexibility index (Phi) is 7.77. The highest BCUT2D eigenvalue weighted by molar-refractivity contribution is 7.92. The van der Waals surface area contributed by atoms with E-state index in [9.17, 15) is 13.2 Å². The molecule has 8 heteroatoms. The van der Waals surface area contributed by atoms with Crippen molar-refractivity contribution in [3.8, 4) is 5.75 Å². The molecule has 3 rings (SSSR count). The van der Waals surface area contributed by atoms with Gasteiger partial charge in [-0.15, -0.1) is 0 Å². The van der Waals surface area contributed by atoms with Gasteiger partial charge < -0.3 is 9.64 Å². The van der Waals surface area contributed by atoms with Gasteiger partial charge in [0.25, 0.3) is 15.9 Å². The van der Waals surface area contributed by atoms with Crippen molar-refractivity contribution in [2.45, 2.75) is 17.7 Å². The van der Waals surface area contributed by atoms with E-state index in [1.807, 2.05) is 18.2 Å². The number of aryl methyl sites for hydroxylation is 1. The molecule has 3 aromatic carbocycles. The van der Waals surface area contributed by atoms with Crippen molar-refractivity contribution in [3.63, 3.8) is 0 Å². The summed E-state index contributed by atoms with van der Waals surface area (Å²) in [7, 11) is -0.806. The van der Waals surface area contributed by atoms with E-state index >= 15 is 0 Å². The Hall–Kier alpha value is -3.03. The van der Waals surface area contributed by atoms with E-state index < -0.39 is 10.0 Å². The standard InChI is InChI=1S/C24H25ClN2O4S/c1-27(15-7-10-18-8-4-3-5-9-18)24(28)19-11-6-12-21(16-19)32(29,30)26-22-17-20(25)13-14-23(22)31-2/h3-6,8-9,11-14,16-17,26H,7,10,15H2,1-2H3. The fourth-order valence-electron chi connectivity index (χ4n) is 3.25. The molecule has 0 spiro atoms. The molecule has 0 fully saturated rings. The quantitative estimate of drug-likeness (QED) is 0.482. The number of carbonyl (C=O) groups excluding carboxylic acids is 1. The van der Waals surface area contributed by atoms with E-state index in [1.165, 1.54) is 30.9 Å². The molecular formula is C24H25ClN2O4S. The first-order valence-corrected chi connectivity index (χ1v) is 11.9. The van der Waals surface area contributed by atoms with Gasteiger partial charge in [-0.3, -0.25) is 9.52 Å². The maximum Gasteiger partial charge on any atom is 0.262 e. The third kappa shape index (κ3) is 6.02. The maximum atomic E-state index is 12.9. The number of rotatable bonds is 9. The monoisotopic (exact) mass is 472 g/mol. The van der Waals surface area contributed by atoms with Crippen molar-refractivity contribution in [3.05, 3.63) is 88.9 Å². The molecule has 168 valence electrons. The van der Waals surface area contributed by atoms with Crippen LogP contribution in [0.25, 0.3) is 0 Å². The summed E-state index contributed by atoms with van der Waals surface area (Å²) >= 11 is 5.99. The molecule has 1 N–H and O–H groups in total. The molecule has 0 heterocycles. The molecule has 0 unspecified atom stereocenters. The summed E-state index contributed by atoms with van der Waals surface area (Å²) in [5.74, 6) is 0.0961. The van der Waals surface area contributed by atoms with Gasteiger partial charge in [0.05, 0.1) is 17.7 Å². The average Bonchev–Trinajstić information content (AvgIpc) is 2.79. The molecule has 0 bridgehead atoms. The second-order valence-corrected chi connectivity index (χ2v) is 9.41. The van der Waals surface area contributed by atoms with Gasteiger partial charge in [0, 0.05) is 24.2 Å². The number of halogens is 1. The first kappa shape index (κ1) is 23.6. The summed E-state index contributed by atoms with van der Waals surface area (Å²) in [6.45, 7) is 0.558. The maximum absolute atomic E-state index is 12.9. The number of benzene rings is 3. The number of nitrogens with one attached hydrogen (secondary N) is 1. The van der Waals surface area contributed by atoms with Crippen molar-refractivity contribution in [2.24, 2.45) is 0 Å². The minimum Gasteiger partial charge on any atom is -0.495 e. The Morgan fingerprint density at radius 2 is 1.78 bits per heavy atom. The lowest BCUT2D eigenvalue weighted by molar-refractivity contribution is 0.0793. The van der Waals surface area contributed by atoms with E-state index in [0.717, 1.165) is 12.8 Å². The molecule has 0 radical (unpaired) electrons. The van der Waals surface area contributed by atoms with E-state index in [4.69, 9.17) is 16.3 Å². The van der Waals surface area contributed by atoms with Crippen LogP contribution in [0.1, 0.15) is 22.3 Å². The first-order chi connectivity index (χ1) is 15.3. The predicted octanol–water partition coefficient (Wildman–Crippen LogP) is 4.85. The molecule has 1 amide bonds. The third-order valence-electron chi connectivity index (χ3n) is 4.95. The normalized spacial score (nSPS) is 11.1. The SMILES string of the molecule is COc1ccc(Cl)cc1NS(=O)(=O)c1cccc(C(=O)N(C)CCCc2ccccc2)c1. The molecule has 3 aromatic rings. The molecule has 0 aliphatic heterocycles. The molecule has 32 heavy (non-hydrogen) atoms. The summed E-state index contributed by atoms with van der Waals surface area (Å²) in [5, 5.41) is 0.365. The number of methoxy groups -OCH3 is 1. The molecule has 0 aromatic heterocycles. The van der Waals surface area contributed by atoms with Gasteiger partial charge in [-0.05, 0) is 54.8 Å². The summed E-state index contributed by atoms with van der Waals surface area (Å²) in [4.78, 5) is 14.4. The Balaban J connectivity index is 1.71. The Morgan fingerprint density at radius 3 is 2.50 bits per heavy atom. The van der Waals surface area contributed by atoms with E-state index in [1.54, 1.807) is 36.2 Å². The lowest BCUT2D eigenvalue weighted by Crippen LogP contribution is -2.28. The predicted molar refractivity (Wildman–Crippen MR) is 127 cm³/mol. The minimum absolute atomic E-state index is 0.0249. The summed E-state index contributed by atoms with van der Waals surface area (Å²) in [6, 6.07) is 20.7. The van der Waals surface area contributed by atoms with Crippen LogP contribution in [-0.4, -0.2) is 39.9 Å². The highest BCUT2D eigenvalue weighted by Gasteiger charge is 2.20. The first-order valence-electron chi connectivity index (χ1n) is 10.1. The molecule has 0 saturated carbocycles. The van der Waals surface area contributed by atoms with Crippen LogP contribution in [0.4, 0.5) is 5.69 Å². The van der Waals surface area contributed by atoms with Gasteiger partial charge in [-0.2, -0.15) is 0 Å². The second-order valence-electron chi connectivity index (χ2n) is 7.29. The number of carbonyl (C=O) groups is 1. The van der Waals surface area contributed by atoms with E-state index in [-0.39, 0.29) is 16.5 Å². The summed E-state index contributed by atoms with van der Waals surface area (Å²) in [5.41, 5.74) is 1.73. The van der Waals surface area contributed by atoms with Crippen LogP contribution in [0.5, 0.6) is 5.75 Å². The number of sulfonamides is 1. The third-order valence-corrected chi connectivity index (χ3v) is 6.54. The Labute approximate surface area is 193 Å². The van der Waals surface area contributed by atoms with Gasteiger partial charge >= 0.3 is 0 Å². The molecule has 0 aliphatic rings. The van der Waals surface area contributed by atoms with Crippen LogP contribution in [0, 0.1) is 0 Å². The number of hydrogen-bond donors (Lipinski definition) is 1. The molecule has 0 aliphatic carbocycles. The second kappa shape index (κ2) is 10.5. The summed E-state index contributed by atoms with van der Waals surface area (Å²) in [6.07, 6.45) is 1.67. The van der Waals surface area contributed by atoms with E-state index in [0.29, 0.717) is 22.9 Å². The van der Waals surface area contributed by atoms with Crippen LogP contribution in [0.15, 0.2) is 77.7 Å². The number of amides is 1. The fourth-order valence-corrected chi connectivity index (χ4v) is 4.53. The van der Waals surface area contributed by atoms with E-state index in [2.05, 4.69) is 16.9 Å². The lowest BCUT2D eigenvalue weighted by atomic mass is 10.1. The highest BCUT2D eigenvalue weighted by Crippen LogP contribution is 2.30. The number of ether oxygens (including phenoxy) is 1. The van der Waals surface area contributed by atoms with Crippen LogP contribution in [0.2, 0.25) is 5.02 Å². The molecule has 0 saturated heterocycles. The van der Waals surface area contributed by atoms with Crippen molar-refractivity contribution in [1.29, 1.82) is 0 Å². The van der Waals surface area contributed by atoms with Crippen molar-refractivity contribution < 1.29 is 17.9 Å². The van der Waals surface area contributed by atoms with Crippen LogP contribution < -0.4 is 9.46 Å².